The van der Waals surface area contributed by atoms with Crippen LogP contribution in [0.4, 0.5) is 17.8 Å². The van der Waals surface area contributed by atoms with E-state index < -0.39 is 0 Å². The molecule has 0 saturated carbocycles. The van der Waals surface area contributed by atoms with Crippen LogP contribution < -0.4 is 38.1 Å². The molecule has 0 radical (unpaired) electrons. The van der Waals surface area contributed by atoms with Gasteiger partial charge in [0.25, 0.3) is 0 Å². The van der Waals surface area contributed by atoms with Crippen LogP contribution >= 0.6 is 0 Å². The molecule has 3 heterocycles. The number of nitrogens with zero attached hydrogens (tertiary/aromatic N) is 5. The van der Waals surface area contributed by atoms with Gasteiger partial charge in [-0.05, 0) is 19.8 Å². The molecule has 2 fully saturated rings. The first-order valence-electron chi connectivity index (χ1n) is 9.46. The number of hydrogen-bond acceptors (Lipinski definition) is 10. The fraction of sp³-hybridized carbons (Fsp3) is 0.706. The molecule has 1 aromatic heterocycles. The lowest BCUT2D eigenvalue weighted by Gasteiger charge is -2.37. The number of nitrogens with two attached hydrogens (primary N) is 4. The zero-order valence-electron chi connectivity index (χ0n) is 16.0. The molecule has 27 heavy (non-hydrogen) atoms. The Morgan fingerprint density at radius 3 is 1.67 bits per heavy atom. The molecule has 1 aromatic rings. The summed E-state index contributed by atoms with van der Waals surface area (Å²) >= 11 is 0. The average molecular weight is 377 g/mol. The average Bonchev–Trinajstić information content (AvgIpc) is 2.58. The maximum absolute atomic E-state index is 6.14. The number of piperidine rings is 2. The topological polar surface area (TPSA) is 161 Å². The Morgan fingerprint density at radius 1 is 0.889 bits per heavy atom. The third-order valence-electron chi connectivity index (χ3n) is 4.76. The van der Waals surface area contributed by atoms with Gasteiger partial charge in [-0.2, -0.15) is 15.0 Å². The van der Waals surface area contributed by atoms with Crippen molar-refractivity contribution in [3.63, 3.8) is 0 Å². The Kier molecular flexibility index (Phi) is 6.10. The Bertz CT molecular complexity index is 601. The monoisotopic (exact) mass is 376 g/mol. The maximum atomic E-state index is 6.14. The van der Waals surface area contributed by atoms with Crippen molar-refractivity contribution in [2.75, 3.05) is 47.8 Å². The van der Waals surface area contributed by atoms with Gasteiger partial charge < -0.3 is 38.1 Å². The van der Waals surface area contributed by atoms with E-state index in [0.29, 0.717) is 50.6 Å². The molecule has 3 rings (SSSR count). The molecule has 0 aliphatic carbocycles. The summed E-state index contributed by atoms with van der Waals surface area (Å²) in [7, 11) is 0. The maximum Gasteiger partial charge on any atom is 0.232 e. The smallest absolute Gasteiger partial charge is 0.232 e. The highest BCUT2D eigenvalue weighted by Gasteiger charge is 2.28. The second-order valence-corrected chi connectivity index (χ2v) is 7.89. The first-order chi connectivity index (χ1) is 12.8. The molecule has 4 unspecified atom stereocenters. The van der Waals surface area contributed by atoms with Crippen LogP contribution in [0.2, 0.25) is 0 Å². The summed E-state index contributed by atoms with van der Waals surface area (Å²) in [6, 6.07) is -0.00880. The van der Waals surface area contributed by atoms with E-state index in [2.05, 4.69) is 21.9 Å². The third-order valence-corrected chi connectivity index (χ3v) is 4.76. The van der Waals surface area contributed by atoms with Crippen molar-refractivity contribution in [3.8, 4) is 0 Å². The van der Waals surface area contributed by atoms with Gasteiger partial charge in [-0.25, -0.2) is 0 Å². The van der Waals surface area contributed by atoms with Crippen LogP contribution in [0.1, 0.15) is 19.8 Å². The van der Waals surface area contributed by atoms with E-state index in [1.807, 2.05) is 16.7 Å². The van der Waals surface area contributed by atoms with Gasteiger partial charge >= 0.3 is 0 Å². The summed E-state index contributed by atoms with van der Waals surface area (Å²) in [6.07, 6.45) is 1.59. The van der Waals surface area contributed by atoms with Crippen LogP contribution in [-0.2, 0) is 0 Å². The predicted octanol–water partition coefficient (Wildman–Crippen LogP) is -1.41. The minimum absolute atomic E-state index is 0.00220. The zero-order chi connectivity index (χ0) is 19.6. The Labute approximate surface area is 160 Å². The SMILES string of the molecule is C=C(C)CNc1nc(N2CC(N)CC(N)C2)nc(N2CC(N)CC(N)C2)n1. The van der Waals surface area contributed by atoms with Gasteiger partial charge in [0.2, 0.25) is 17.8 Å². The van der Waals surface area contributed by atoms with Gasteiger partial charge in [-0.3, -0.25) is 0 Å². The van der Waals surface area contributed by atoms with Crippen molar-refractivity contribution in [1.82, 2.24) is 15.0 Å². The van der Waals surface area contributed by atoms with Crippen LogP contribution in [-0.4, -0.2) is 71.8 Å². The largest absolute Gasteiger partial charge is 0.350 e. The minimum atomic E-state index is -0.00220. The Hall–Kier alpha value is -2.01. The first-order valence-corrected chi connectivity index (χ1v) is 9.46. The number of anilines is 3. The quantitative estimate of drug-likeness (QED) is 0.386. The fourth-order valence-corrected chi connectivity index (χ4v) is 3.63. The van der Waals surface area contributed by atoms with Crippen molar-refractivity contribution in [1.29, 1.82) is 0 Å². The molecule has 9 N–H and O–H groups in total. The molecule has 10 nitrogen and oxygen atoms in total. The van der Waals surface area contributed by atoms with E-state index in [9.17, 15) is 0 Å². The molecule has 2 aliphatic heterocycles. The highest BCUT2D eigenvalue weighted by Crippen LogP contribution is 2.22. The van der Waals surface area contributed by atoms with Gasteiger partial charge in [-0.1, -0.05) is 12.2 Å². The second-order valence-electron chi connectivity index (χ2n) is 7.89. The van der Waals surface area contributed by atoms with E-state index in [1.54, 1.807) is 0 Å². The predicted molar refractivity (Wildman–Crippen MR) is 109 cm³/mol. The van der Waals surface area contributed by atoms with Crippen LogP contribution in [0.15, 0.2) is 12.2 Å². The lowest BCUT2D eigenvalue weighted by atomic mass is 10.0. The number of nitrogens with one attached hydrogen (secondary N) is 1. The second kappa shape index (κ2) is 8.34. The standard InChI is InChI=1S/C17H32N10/c1-10(2)5-22-15-23-16(26-6-11(18)3-12(19)7-26)25-17(24-15)27-8-13(20)4-14(21)9-27/h11-14H,1,3-9,18-21H2,2H3,(H,22,23,24,25). The van der Waals surface area contributed by atoms with Gasteiger partial charge in [0, 0.05) is 56.9 Å². The van der Waals surface area contributed by atoms with E-state index in [1.165, 1.54) is 0 Å². The summed E-state index contributed by atoms with van der Waals surface area (Å²) in [5.74, 6) is 1.64. The van der Waals surface area contributed by atoms with Crippen molar-refractivity contribution in [2.24, 2.45) is 22.9 Å². The molecule has 10 heteroatoms. The molecular weight excluding hydrogens is 344 g/mol. The van der Waals surface area contributed by atoms with E-state index in [4.69, 9.17) is 27.9 Å². The van der Waals surface area contributed by atoms with E-state index in [0.717, 1.165) is 18.4 Å². The van der Waals surface area contributed by atoms with Gasteiger partial charge in [-0.15, -0.1) is 0 Å². The van der Waals surface area contributed by atoms with Crippen LogP contribution in [0.25, 0.3) is 0 Å². The van der Waals surface area contributed by atoms with Gasteiger partial charge in [0.05, 0.1) is 0 Å². The number of aromatic nitrogens is 3. The summed E-state index contributed by atoms with van der Waals surface area (Å²) in [6.45, 7) is 9.10. The fourth-order valence-electron chi connectivity index (χ4n) is 3.63. The van der Waals surface area contributed by atoms with Gasteiger partial charge in [0.1, 0.15) is 0 Å². The minimum Gasteiger partial charge on any atom is -0.350 e. The van der Waals surface area contributed by atoms with Gasteiger partial charge in [0.15, 0.2) is 0 Å². The number of rotatable bonds is 5. The molecule has 0 spiro atoms. The van der Waals surface area contributed by atoms with Crippen molar-refractivity contribution in [2.45, 2.75) is 43.9 Å². The molecule has 0 amide bonds. The summed E-state index contributed by atoms with van der Waals surface area (Å²) in [5, 5.41) is 3.21. The highest BCUT2D eigenvalue weighted by atomic mass is 15.4. The lowest BCUT2D eigenvalue weighted by molar-refractivity contribution is 0.441. The number of hydrogen-bond donors (Lipinski definition) is 5. The summed E-state index contributed by atoms with van der Waals surface area (Å²) in [5.41, 5.74) is 25.6. The van der Waals surface area contributed by atoms with Crippen molar-refractivity contribution < 1.29 is 0 Å². The Morgan fingerprint density at radius 2 is 1.30 bits per heavy atom. The summed E-state index contributed by atoms with van der Waals surface area (Å²) < 4.78 is 0. The molecule has 150 valence electrons. The zero-order valence-corrected chi connectivity index (χ0v) is 16.0. The van der Waals surface area contributed by atoms with Crippen LogP contribution in [0.3, 0.4) is 0 Å². The molecule has 2 saturated heterocycles. The van der Waals surface area contributed by atoms with Crippen LogP contribution in [0.5, 0.6) is 0 Å². The van der Waals surface area contributed by atoms with E-state index >= 15 is 0 Å². The van der Waals surface area contributed by atoms with Crippen LogP contribution in [0, 0.1) is 0 Å². The normalized spacial score (nSPS) is 28.9. The Balaban J connectivity index is 1.89. The third kappa shape index (κ3) is 5.25. The van der Waals surface area contributed by atoms with Crippen molar-refractivity contribution in [3.05, 3.63) is 12.2 Å². The molecule has 0 aromatic carbocycles. The van der Waals surface area contributed by atoms with E-state index in [-0.39, 0.29) is 24.2 Å². The summed E-state index contributed by atoms with van der Waals surface area (Å²) in [4.78, 5) is 17.9. The molecule has 4 atom stereocenters. The molecule has 2 aliphatic rings. The lowest BCUT2D eigenvalue weighted by Crippen LogP contribution is -2.54. The molecule has 0 bridgehead atoms. The van der Waals surface area contributed by atoms with Crippen molar-refractivity contribution >= 4 is 17.8 Å². The first kappa shape index (κ1) is 19.7. The highest BCUT2D eigenvalue weighted by molar-refractivity contribution is 5.47. The molecular formula is C17H32N10.